The third-order valence-electron chi connectivity index (χ3n) is 5.37. The number of ether oxygens (including phenoxy) is 6. The van der Waals surface area contributed by atoms with Crippen molar-refractivity contribution in [2.24, 2.45) is 11.8 Å². The largest absolute Gasteiger partial charge is 0.493 e. The Balaban J connectivity index is 1.60. The zero-order chi connectivity index (χ0) is 21.3. The maximum absolute atomic E-state index is 13.1. The fourth-order valence-electron chi connectivity index (χ4n) is 3.81. The van der Waals surface area contributed by atoms with Crippen LogP contribution in [0.15, 0.2) is 30.3 Å². The second kappa shape index (κ2) is 8.14. The van der Waals surface area contributed by atoms with Crippen molar-refractivity contribution in [3.8, 4) is 28.7 Å². The summed E-state index contributed by atoms with van der Waals surface area (Å²) in [5, 5.41) is 0. The van der Waals surface area contributed by atoms with Crippen LogP contribution < -0.4 is 23.7 Å². The van der Waals surface area contributed by atoms with E-state index in [0.29, 0.717) is 40.7 Å². The van der Waals surface area contributed by atoms with Gasteiger partial charge in [0.05, 0.1) is 33.2 Å². The Bertz CT molecular complexity index is 958. The summed E-state index contributed by atoms with van der Waals surface area (Å²) >= 11 is 0. The molecule has 0 saturated carbocycles. The standard InChI is InChI=1S/C22H22O8/c1-25-18-7-12(8-19(26-2)21(18)27-3)6-14-15(10-28-22(14)24)20(23)13-4-5-16-17(9-13)30-11-29-16/h4-5,7-9,14-15H,6,10-11H2,1-3H3/t14-,15+/m1/s1. The predicted octanol–water partition coefficient (Wildman–Crippen LogP) is 2.66. The SMILES string of the molecule is COc1cc(C[C@H]2C(=O)OC[C@@H]2C(=O)c2ccc3c(c2)OCO3)cc(OC)c1OC. The average Bonchev–Trinajstić information content (AvgIpc) is 3.38. The molecular formula is C22H22O8. The van der Waals surface area contributed by atoms with E-state index >= 15 is 0 Å². The van der Waals surface area contributed by atoms with Gasteiger partial charge in [-0.3, -0.25) is 9.59 Å². The molecule has 2 aromatic carbocycles. The second-order valence-electron chi connectivity index (χ2n) is 7.01. The van der Waals surface area contributed by atoms with E-state index in [-0.39, 0.29) is 19.2 Å². The number of fused-ring (bicyclic) bond motifs is 1. The molecule has 0 amide bonds. The van der Waals surface area contributed by atoms with E-state index in [2.05, 4.69) is 0 Å². The van der Waals surface area contributed by atoms with Crippen LogP contribution in [-0.4, -0.2) is 46.5 Å². The summed E-state index contributed by atoms with van der Waals surface area (Å²) in [6.07, 6.45) is 0.302. The van der Waals surface area contributed by atoms with E-state index in [0.717, 1.165) is 5.56 Å². The van der Waals surface area contributed by atoms with Gasteiger partial charge in [0.2, 0.25) is 12.5 Å². The first-order valence-electron chi connectivity index (χ1n) is 9.45. The van der Waals surface area contributed by atoms with Gasteiger partial charge in [0.15, 0.2) is 28.8 Å². The number of carbonyl (C=O) groups is 2. The number of Topliss-reactive ketones (excluding diaryl/α,β-unsaturated/α-hetero) is 1. The van der Waals surface area contributed by atoms with E-state index in [4.69, 9.17) is 28.4 Å². The van der Waals surface area contributed by atoms with Crippen molar-refractivity contribution in [1.82, 2.24) is 0 Å². The number of rotatable bonds is 7. The van der Waals surface area contributed by atoms with E-state index in [1.54, 1.807) is 30.3 Å². The number of cyclic esters (lactones) is 1. The third-order valence-corrected chi connectivity index (χ3v) is 5.37. The average molecular weight is 414 g/mol. The summed E-state index contributed by atoms with van der Waals surface area (Å²) in [7, 11) is 4.57. The molecule has 4 rings (SSSR count). The van der Waals surface area contributed by atoms with Gasteiger partial charge < -0.3 is 28.4 Å². The van der Waals surface area contributed by atoms with Crippen molar-refractivity contribution in [2.45, 2.75) is 6.42 Å². The van der Waals surface area contributed by atoms with Gasteiger partial charge in [0, 0.05) is 5.56 Å². The first kappa shape index (κ1) is 19.9. The third kappa shape index (κ3) is 3.49. The van der Waals surface area contributed by atoms with Gasteiger partial charge in [-0.05, 0) is 42.3 Å². The molecule has 1 fully saturated rings. The predicted molar refractivity (Wildman–Crippen MR) is 105 cm³/mol. The molecule has 1 saturated heterocycles. The molecule has 30 heavy (non-hydrogen) atoms. The highest BCUT2D eigenvalue weighted by Gasteiger charge is 2.42. The Morgan fingerprint density at radius 1 is 0.967 bits per heavy atom. The molecule has 0 radical (unpaired) electrons. The Labute approximate surface area is 173 Å². The van der Waals surface area contributed by atoms with Crippen molar-refractivity contribution in [3.05, 3.63) is 41.5 Å². The molecule has 2 aromatic rings. The highest BCUT2D eigenvalue weighted by molar-refractivity contribution is 6.01. The monoisotopic (exact) mass is 414 g/mol. The second-order valence-corrected chi connectivity index (χ2v) is 7.01. The minimum Gasteiger partial charge on any atom is -0.493 e. The van der Waals surface area contributed by atoms with Gasteiger partial charge in [0.1, 0.15) is 6.61 Å². The molecular weight excluding hydrogens is 392 g/mol. The smallest absolute Gasteiger partial charge is 0.310 e. The zero-order valence-electron chi connectivity index (χ0n) is 16.9. The topological polar surface area (TPSA) is 89.5 Å². The van der Waals surface area contributed by atoms with Crippen LogP contribution in [0.1, 0.15) is 15.9 Å². The number of hydrogen-bond acceptors (Lipinski definition) is 8. The van der Waals surface area contributed by atoms with Crippen LogP contribution in [0.5, 0.6) is 28.7 Å². The van der Waals surface area contributed by atoms with Crippen molar-refractivity contribution < 1.29 is 38.0 Å². The maximum atomic E-state index is 13.1. The molecule has 8 heteroatoms. The maximum Gasteiger partial charge on any atom is 0.310 e. The molecule has 0 unspecified atom stereocenters. The Morgan fingerprint density at radius 3 is 2.33 bits per heavy atom. The molecule has 2 atom stereocenters. The van der Waals surface area contributed by atoms with E-state index in [1.807, 2.05) is 0 Å². The van der Waals surface area contributed by atoms with Crippen molar-refractivity contribution in [3.63, 3.8) is 0 Å². The van der Waals surface area contributed by atoms with Crippen LogP contribution >= 0.6 is 0 Å². The lowest BCUT2D eigenvalue weighted by molar-refractivity contribution is -0.141. The normalized spacial score (nSPS) is 19.4. The highest BCUT2D eigenvalue weighted by Crippen LogP contribution is 2.40. The van der Waals surface area contributed by atoms with Crippen LogP contribution in [0, 0.1) is 11.8 Å². The fraction of sp³-hybridized carbons (Fsp3) is 0.364. The minimum atomic E-state index is -0.620. The molecule has 2 aliphatic heterocycles. The van der Waals surface area contributed by atoms with Crippen molar-refractivity contribution in [2.75, 3.05) is 34.7 Å². The summed E-state index contributed by atoms with van der Waals surface area (Å²) in [4.78, 5) is 25.6. The summed E-state index contributed by atoms with van der Waals surface area (Å²) in [6, 6.07) is 8.56. The van der Waals surface area contributed by atoms with E-state index in [9.17, 15) is 9.59 Å². The number of ketones is 1. The van der Waals surface area contributed by atoms with Gasteiger partial charge in [-0.15, -0.1) is 0 Å². The Morgan fingerprint density at radius 2 is 1.67 bits per heavy atom. The summed E-state index contributed by atoms with van der Waals surface area (Å²) < 4.78 is 32.0. The molecule has 0 bridgehead atoms. The minimum absolute atomic E-state index is 0.0429. The summed E-state index contributed by atoms with van der Waals surface area (Å²) in [5.41, 5.74) is 1.23. The lowest BCUT2D eigenvalue weighted by Crippen LogP contribution is -2.26. The number of benzene rings is 2. The number of methoxy groups -OCH3 is 3. The lowest BCUT2D eigenvalue weighted by atomic mass is 9.84. The van der Waals surface area contributed by atoms with E-state index in [1.165, 1.54) is 21.3 Å². The van der Waals surface area contributed by atoms with Crippen LogP contribution in [0.2, 0.25) is 0 Å². The fourth-order valence-corrected chi connectivity index (χ4v) is 3.81. The molecule has 0 spiro atoms. The molecule has 0 aromatic heterocycles. The number of carbonyl (C=O) groups excluding carboxylic acids is 2. The molecule has 2 heterocycles. The lowest BCUT2D eigenvalue weighted by Gasteiger charge is -2.17. The first-order valence-corrected chi connectivity index (χ1v) is 9.45. The summed E-state index contributed by atoms with van der Waals surface area (Å²) in [5.74, 6) is 0.758. The molecule has 0 N–H and O–H groups in total. The van der Waals surface area contributed by atoms with Crippen molar-refractivity contribution >= 4 is 11.8 Å². The van der Waals surface area contributed by atoms with Crippen LogP contribution in [0.3, 0.4) is 0 Å². The highest BCUT2D eigenvalue weighted by atomic mass is 16.7. The Hall–Kier alpha value is -3.42. The molecule has 158 valence electrons. The summed E-state index contributed by atoms with van der Waals surface area (Å²) in [6.45, 7) is 0.170. The zero-order valence-corrected chi connectivity index (χ0v) is 16.9. The van der Waals surface area contributed by atoms with Crippen molar-refractivity contribution in [1.29, 1.82) is 0 Å². The van der Waals surface area contributed by atoms with Gasteiger partial charge in [0.25, 0.3) is 0 Å². The van der Waals surface area contributed by atoms with Gasteiger partial charge in [-0.2, -0.15) is 0 Å². The van der Waals surface area contributed by atoms with Gasteiger partial charge >= 0.3 is 5.97 Å². The van der Waals surface area contributed by atoms with Crippen LogP contribution in [-0.2, 0) is 16.0 Å². The Kier molecular flexibility index (Phi) is 5.39. The van der Waals surface area contributed by atoms with Gasteiger partial charge in [-0.25, -0.2) is 0 Å². The number of hydrogen-bond donors (Lipinski definition) is 0. The van der Waals surface area contributed by atoms with Gasteiger partial charge in [-0.1, -0.05) is 0 Å². The molecule has 2 aliphatic rings. The van der Waals surface area contributed by atoms with Crippen LogP contribution in [0.25, 0.3) is 0 Å². The first-order chi connectivity index (χ1) is 14.5. The molecule has 8 nitrogen and oxygen atoms in total. The van der Waals surface area contributed by atoms with E-state index < -0.39 is 17.8 Å². The quantitative estimate of drug-likeness (QED) is 0.505. The molecule has 0 aliphatic carbocycles. The number of esters is 1. The van der Waals surface area contributed by atoms with Crippen LogP contribution in [0.4, 0.5) is 0 Å².